The summed E-state index contributed by atoms with van der Waals surface area (Å²) in [5, 5.41) is 0. The number of rotatable bonds is 5. The topological polar surface area (TPSA) is 9.23 Å². The van der Waals surface area contributed by atoms with Gasteiger partial charge in [0.15, 0.2) is 0 Å². The molecular formula is C12H28O. The minimum absolute atomic E-state index is 0.115. The van der Waals surface area contributed by atoms with E-state index in [9.17, 15) is 0 Å². The van der Waals surface area contributed by atoms with Crippen LogP contribution in [0, 0.1) is 5.92 Å². The Morgan fingerprint density at radius 2 is 1.69 bits per heavy atom. The number of ether oxygens (including phenoxy) is 1. The van der Waals surface area contributed by atoms with E-state index in [4.69, 9.17) is 4.74 Å². The summed E-state index contributed by atoms with van der Waals surface area (Å²) in [6.45, 7) is 12.9. The molecule has 1 heteroatoms. The molecular weight excluding hydrogens is 160 g/mol. The zero-order chi connectivity index (χ0) is 10.9. The third-order valence-electron chi connectivity index (χ3n) is 2.49. The Kier molecular flexibility index (Phi) is 10.2. The maximum absolute atomic E-state index is 5.44. The van der Waals surface area contributed by atoms with Crippen molar-refractivity contribution in [2.45, 2.75) is 66.4 Å². The molecule has 0 saturated carbocycles. The molecule has 0 aliphatic carbocycles. The highest BCUT2D eigenvalue weighted by Crippen LogP contribution is 2.22. The van der Waals surface area contributed by atoms with Crippen LogP contribution < -0.4 is 0 Å². The first kappa shape index (κ1) is 15.4. The predicted molar refractivity (Wildman–Crippen MR) is 61.1 cm³/mol. The highest BCUT2D eigenvalue weighted by molar-refractivity contribution is 4.72. The molecule has 0 aromatic heterocycles. The molecule has 0 fully saturated rings. The second kappa shape index (κ2) is 8.55. The van der Waals surface area contributed by atoms with E-state index >= 15 is 0 Å². The van der Waals surface area contributed by atoms with E-state index in [-0.39, 0.29) is 5.60 Å². The Bertz CT molecular complexity index is 93.3. The lowest BCUT2D eigenvalue weighted by molar-refractivity contribution is -0.00809. The van der Waals surface area contributed by atoms with Crippen molar-refractivity contribution >= 4 is 0 Å². The average Bonchev–Trinajstić information content (AvgIpc) is 2.17. The smallest absolute Gasteiger partial charge is 0.0648 e. The van der Waals surface area contributed by atoms with E-state index in [1.165, 1.54) is 12.8 Å². The van der Waals surface area contributed by atoms with Crippen LogP contribution in [0.2, 0.25) is 0 Å². The number of methoxy groups -OCH3 is 1. The Morgan fingerprint density at radius 1 is 1.23 bits per heavy atom. The molecule has 1 nitrogen and oxygen atoms in total. The maximum Gasteiger partial charge on any atom is 0.0648 e. The second-order valence-electron chi connectivity index (χ2n) is 3.94. The second-order valence-corrected chi connectivity index (χ2v) is 3.94. The predicted octanol–water partition coefficient (Wildman–Crippen LogP) is 4.26. The molecule has 0 aliphatic rings. The van der Waals surface area contributed by atoms with E-state index in [0.717, 1.165) is 12.3 Å². The summed E-state index contributed by atoms with van der Waals surface area (Å²) in [5.74, 6) is 0.788. The first-order valence-corrected chi connectivity index (χ1v) is 5.59. The van der Waals surface area contributed by atoms with Crippen molar-refractivity contribution in [1.82, 2.24) is 0 Å². The summed E-state index contributed by atoms with van der Waals surface area (Å²) in [6, 6.07) is 0. The van der Waals surface area contributed by atoms with Crippen LogP contribution in [0.4, 0.5) is 0 Å². The van der Waals surface area contributed by atoms with Crippen LogP contribution in [-0.2, 0) is 4.74 Å². The quantitative estimate of drug-likeness (QED) is 0.626. The largest absolute Gasteiger partial charge is 0.379 e. The molecule has 1 atom stereocenters. The monoisotopic (exact) mass is 188 g/mol. The van der Waals surface area contributed by atoms with Crippen LogP contribution in [0.25, 0.3) is 0 Å². The van der Waals surface area contributed by atoms with Gasteiger partial charge in [0.2, 0.25) is 0 Å². The number of hydrogen-bond donors (Lipinski definition) is 0. The molecule has 0 spiro atoms. The van der Waals surface area contributed by atoms with Crippen molar-refractivity contribution in [3.8, 4) is 0 Å². The van der Waals surface area contributed by atoms with Crippen LogP contribution in [0.5, 0.6) is 0 Å². The van der Waals surface area contributed by atoms with Crippen LogP contribution in [-0.4, -0.2) is 12.7 Å². The van der Waals surface area contributed by atoms with E-state index in [1.807, 2.05) is 21.0 Å². The van der Waals surface area contributed by atoms with E-state index in [0.29, 0.717) is 0 Å². The van der Waals surface area contributed by atoms with Crippen LogP contribution in [0.3, 0.4) is 0 Å². The fourth-order valence-corrected chi connectivity index (χ4v) is 1.02. The molecule has 0 aliphatic heterocycles. The fourth-order valence-electron chi connectivity index (χ4n) is 1.02. The van der Waals surface area contributed by atoms with Crippen molar-refractivity contribution < 1.29 is 4.74 Å². The van der Waals surface area contributed by atoms with Gasteiger partial charge in [0, 0.05) is 7.11 Å². The SMILES string of the molecule is CC.CCC(C)(CCC(C)C)OC. The van der Waals surface area contributed by atoms with Gasteiger partial charge in [-0.25, -0.2) is 0 Å². The van der Waals surface area contributed by atoms with Crippen molar-refractivity contribution in [1.29, 1.82) is 0 Å². The average molecular weight is 188 g/mol. The first-order chi connectivity index (χ1) is 6.04. The van der Waals surface area contributed by atoms with Gasteiger partial charge < -0.3 is 4.74 Å². The normalized spacial score (nSPS) is 14.8. The van der Waals surface area contributed by atoms with Gasteiger partial charge in [0.1, 0.15) is 0 Å². The van der Waals surface area contributed by atoms with E-state index in [1.54, 1.807) is 0 Å². The highest BCUT2D eigenvalue weighted by atomic mass is 16.5. The molecule has 0 bridgehead atoms. The Balaban J connectivity index is 0. The molecule has 0 aromatic carbocycles. The summed E-state index contributed by atoms with van der Waals surface area (Å²) < 4.78 is 5.44. The zero-order valence-corrected chi connectivity index (χ0v) is 10.6. The molecule has 13 heavy (non-hydrogen) atoms. The van der Waals surface area contributed by atoms with Crippen molar-refractivity contribution in [2.75, 3.05) is 7.11 Å². The molecule has 0 aromatic rings. The van der Waals surface area contributed by atoms with Gasteiger partial charge >= 0.3 is 0 Å². The minimum atomic E-state index is 0.115. The molecule has 0 heterocycles. The van der Waals surface area contributed by atoms with Crippen molar-refractivity contribution in [2.24, 2.45) is 5.92 Å². The lowest BCUT2D eigenvalue weighted by Crippen LogP contribution is -2.26. The Hall–Kier alpha value is -0.0400. The van der Waals surface area contributed by atoms with Gasteiger partial charge in [-0.1, -0.05) is 34.6 Å². The molecule has 0 N–H and O–H groups in total. The van der Waals surface area contributed by atoms with E-state index < -0.39 is 0 Å². The van der Waals surface area contributed by atoms with E-state index in [2.05, 4.69) is 27.7 Å². The summed E-state index contributed by atoms with van der Waals surface area (Å²) in [5.41, 5.74) is 0.115. The van der Waals surface area contributed by atoms with Crippen LogP contribution in [0.1, 0.15) is 60.8 Å². The summed E-state index contributed by atoms with van der Waals surface area (Å²) in [4.78, 5) is 0. The van der Waals surface area contributed by atoms with Gasteiger partial charge in [0.05, 0.1) is 5.60 Å². The maximum atomic E-state index is 5.44. The van der Waals surface area contributed by atoms with Crippen molar-refractivity contribution in [3.63, 3.8) is 0 Å². The van der Waals surface area contributed by atoms with Gasteiger partial charge in [-0.3, -0.25) is 0 Å². The molecule has 0 saturated heterocycles. The van der Waals surface area contributed by atoms with Crippen LogP contribution in [0.15, 0.2) is 0 Å². The van der Waals surface area contributed by atoms with Crippen LogP contribution >= 0.6 is 0 Å². The molecule has 82 valence electrons. The highest BCUT2D eigenvalue weighted by Gasteiger charge is 2.20. The molecule has 1 unspecified atom stereocenters. The number of hydrogen-bond acceptors (Lipinski definition) is 1. The summed E-state index contributed by atoms with van der Waals surface area (Å²) >= 11 is 0. The lowest BCUT2D eigenvalue weighted by Gasteiger charge is -2.27. The lowest BCUT2D eigenvalue weighted by atomic mass is 9.93. The minimum Gasteiger partial charge on any atom is -0.379 e. The Morgan fingerprint density at radius 3 is 1.92 bits per heavy atom. The summed E-state index contributed by atoms with van der Waals surface area (Å²) in [7, 11) is 1.81. The van der Waals surface area contributed by atoms with Crippen molar-refractivity contribution in [3.05, 3.63) is 0 Å². The fraction of sp³-hybridized carbons (Fsp3) is 1.00. The first-order valence-electron chi connectivity index (χ1n) is 5.59. The van der Waals surface area contributed by atoms with Gasteiger partial charge in [-0.15, -0.1) is 0 Å². The van der Waals surface area contributed by atoms with Gasteiger partial charge in [-0.05, 0) is 32.1 Å². The summed E-state index contributed by atoms with van der Waals surface area (Å²) in [6.07, 6.45) is 3.55. The third-order valence-corrected chi connectivity index (χ3v) is 2.49. The standard InChI is InChI=1S/C10H22O.C2H6/c1-6-10(4,11-5)8-7-9(2)3;1-2/h9H,6-8H2,1-5H3;1-2H3. The van der Waals surface area contributed by atoms with Gasteiger partial charge in [0.25, 0.3) is 0 Å². The zero-order valence-electron chi connectivity index (χ0n) is 10.6. The Labute approximate surface area is 84.9 Å². The molecule has 0 radical (unpaired) electrons. The molecule has 0 rings (SSSR count). The third kappa shape index (κ3) is 8.29. The van der Waals surface area contributed by atoms with Gasteiger partial charge in [-0.2, -0.15) is 0 Å². The molecule has 0 amide bonds.